The third kappa shape index (κ3) is 4.56. The van der Waals surface area contributed by atoms with E-state index in [4.69, 9.17) is 21.1 Å². The Morgan fingerprint density at radius 2 is 2.09 bits per heavy atom. The molecule has 2 heterocycles. The third-order valence-electron chi connectivity index (χ3n) is 5.49. The molecule has 1 saturated heterocycles. The Hall–Kier alpha value is -3.10. The Balaban J connectivity index is 1.57. The number of H-pyrrole nitrogens is 1. The second-order valence-electron chi connectivity index (χ2n) is 7.65. The molecule has 2 amide bonds. The number of imidazole rings is 1. The van der Waals surface area contributed by atoms with E-state index in [-0.39, 0.29) is 18.4 Å². The zero-order valence-electron chi connectivity index (χ0n) is 18.0. The highest BCUT2D eigenvalue weighted by molar-refractivity contribution is 6.31. The van der Waals surface area contributed by atoms with Crippen LogP contribution in [0.25, 0.3) is 11.0 Å². The highest BCUT2D eigenvalue weighted by atomic mass is 35.5. The lowest BCUT2D eigenvalue weighted by atomic mass is 10.1. The molecule has 2 aromatic carbocycles. The molecule has 32 heavy (non-hydrogen) atoms. The van der Waals surface area contributed by atoms with Gasteiger partial charge in [-0.25, -0.2) is 4.98 Å². The van der Waals surface area contributed by atoms with Gasteiger partial charge in [0.1, 0.15) is 17.6 Å². The molecule has 1 fully saturated rings. The number of ether oxygens (including phenoxy) is 2. The molecule has 1 aromatic heterocycles. The number of anilines is 1. The first kappa shape index (κ1) is 22.1. The molecule has 1 atom stereocenters. The number of aromatic amines is 1. The molecule has 0 radical (unpaired) electrons. The number of carbonyl (C=O) groups excluding carboxylic acids is 2. The summed E-state index contributed by atoms with van der Waals surface area (Å²) in [4.78, 5) is 34.8. The number of nitrogens with one attached hydrogen (secondary N) is 2. The van der Waals surface area contributed by atoms with Crippen molar-refractivity contribution >= 4 is 40.1 Å². The van der Waals surface area contributed by atoms with Crippen LogP contribution in [0.5, 0.6) is 5.75 Å². The van der Waals surface area contributed by atoms with Crippen LogP contribution < -0.4 is 15.0 Å². The first-order chi connectivity index (χ1) is 15.5. The van der Waals surface area contributed by atoms with E-state index in [1.807, 2.05) is 6.07 Å². The van der Waals surface area contributed by atoms with E-state index in [0.29, 0.717) is 40.8 Å². The van der Waals surface area contributed by atoms with Gasteiger partial charge in [-0.3, -0.25) is 9.59 Å². The Morgan fingerprint density at radius 3 is 2.84 bits per heavy atom. The van der Waals surface area contributed by atoms with Crippen molar-refractivity contribution in [1.29, 1.82) is 0 Å². The second kappa shape index (κ2) is 9.58. The van der Waals surface area contributed by atoms with Crippen LogP contribution in [0.3, 0.4) is 0 Å². The van der Waals surface area contributed by atoms with Crippen molar-refractivity contribution < 1.29 is 19.1 Å². The van der Waals surface area contributed by atoms with E-state index in [2.05, 4.69) is 15.3 Å². The number of halogens is 1. The maximum atomic E-state index is 13.0. The second-order valence-corrected chi connectivity index (χ2v) is 8.09. The summed E-state index contributed by atoms with van der Waals surface area (Å²) >= 11 is 6.06. The van der Waals surface area contributed by atoms with Gasteiger partial charge in [0.15, 0.2) is 0 Å². The minimum atomic E-state index is -0.493. The summed E-state index contributed by atoms with van der Waals surface area (Å²) in [6.07, 6.45) is 2.36. The van der Waals surface area contributed by atoms with Crippen LogP contribution in [-0.2, 0) is 9.53 Å². The maximum Gasteiger partial charge on any atom is 0.252 e. The number of benzene rings is 2. The number of carbonyl (C=O) groups is 2. The van der Waals surface area contributed by atoms with Crippen LogP contribution in [0, 0.1) is 0 Å². The molecule has 0 bridgehead atoms. The van der Waals surface area contributed by atoms with Gasteiger partial charge in [0, 0.05) is 30.7 Å². The molecule has 3 aromatic rings. The molecule has 168 valence electrons. The summed E-state index contributed by atoms with van der Waals surface area (Å²) in [6, 6.07) is 9.96. The Morgan fingerprint density at radius 1 is 1.25 bits per heavy atom. The molecule has 1 unspecified atom stereocenters. The van der Waals surface area contributed by atoms with Gasteiger partial charge in [0.2, 0.25) is 5.91 Å². The van der Waals surface area contributed by atoms with Crippen molar-refractivity contribution in [3.05, 3.63) is 52.8 Å². The number of aromatic nitrogens is 2. The first-order valence-electron chi connectivity index (χ1n) is 10.4. The minimum absolute atomic E-state index is 0.0666. The molecule has 8 nitrogen and oxygen atoms in total. The summed E-state index contributed by atoms with van der Waals surface area (Å²) in [5, 5.41) is 3.56. The number of methoxy groups -OCH3 is 2. The standard InChI is InChI=1S/C23H25ClN4O4/c1-31-13-18(22-25-16-8-7-15(24)12-17(16)26-22)27-23(30)14-6-9-19(20(11-14)32-2)28-10-4-3-5-21(28)29/h6-9,11-12,18H,3-5,10,13H2,1-2H3,(H,25,26)(H,27,30). The van der Waals surface area contributed by atoms with Crippen molar-refractivity contribution in [3.63, 3.8) is 0 Å². The molecule has 1 aliphatic rings. The number of hydrogen-bond donors (Lipinski definition) is 2. The Labute approximate surface area is 190 Å². The van der Waals surface area contributed by atoms with E-state index in [1.165, 1.54) is 7.11 Å². The normalized spacial score (nSPS) is 15.1. The fourth-order valence-corrected chi connectivity index (χ4v) is 4.04. The third-order valence-corrected chi connectivity index (χ3v) is 5.72. The number of hydrogen-bond acceptors (Lipinski definition) is 5. The van der Waals surface area contributed by atoms with Gasteiger partial charge in [-0.2, -0.15) is 0 Å². The van der Waals surface area contributed by atoms with Crippen LogP contribution in [0.4, 0.5) is 5.69 Å². The number of rotatable bonds is 7. The molecule has 9 heteroatoms. The summed E-state index contributed by atoms with van der Waals surface area (Å²) in [7, 11) is 3.09. The van der Waals surface area contributed by atoms with Crippen LogP contribution in [0.2, 0.25) is 5.02 Å². The first-order valence-corrected chi connectivity index (χ1v) is 10.8. The van der Waals surface area contributed by atoms with Crippen molar-refractivity contribution in [2.75, 3.05) is 32.3 Å². The molecule has 0 spiro atoms. The minimum Gasteiger partial charge on any atom is -0.495 e. The van der Waals surface area contributed by atoms with Gasteiger partial charge in [-0.05, 0) is 49.2 Å². The largest absolute Gasteiger partial charge is 0.495 e. The molecular weight excluding hydrogens is 432 g/mol. The van der Waals surface area contributed by atoms with E-state index in [0.717, 1.165) is 23.9 Å². The lowest BCUT2D eigenvalue weighted by molar-refractivity contribution is -0.119. The van der Waals surface area contributed by atoms with Crippen LogP contribution in [0.15, 0.2) is 36.4 Å². The SMILES string of the molecule is COCC(NC(=O)c1ccc(N2CCCCC2=O)c(OC)c1)c1nc2ccc(Cl)cc2[nH]1. The number of amides is 2. The summed E-state index contributed by atoms with van der Waals surface area (Å²) in [5.74, 6) is 0.812. The predicted molar refractivity (Wildman–Crippen MR) is 122 cm³/mol. The van der Waals surface area contributed by atoms with E-state index >= 15 is 0 Å². The van der Waals surface area contributed by atoms with Gasteiger partial charge in [-0.1, -0.05) is 11.6 Å². The average molecular weight is 457 g/mol. The number of fused-ring (bicyclic) bond motifs is 1. The van der Waals surface area contributed by atoms with E-state index in [1.54, 1.807) is 42.3 Å². The highest BCUT2D eigenvalue weighted by Gasteiger charge is 2.24. The lowest BCUT2D eigenvalue weighted by Gasteiger charge is -2.28. The molecule has 4 rings (SSSR count). The Kier molecular flexibility index (Phi) is 6.62. The molecule has 2 N–H and O–H groups in total. The van der Waals surface area contributed by atoms with Crippen LogP contribution in [0.1, 0.15) is 41.5 Å². The van der Waals surface area contributed by atoms with Crippen LogP contribution >= 0.6 is 11.6 Å². The van der Waals surface area contributed by atoms with Gasteiger partial charge in [0.25, 0.3) is 5.91 Å². The van der Waals surface area contributed by atoms with Crippen molar-refractivity contribution in [3.8, 4) is 5.75 Å². The van der Waals surface area contributed by atoms with Gasteiger partial charge >= 0.3 is 0 Å². The molecule has 1 aliphatic heterocycles. The highest BCUT2D eigenvalue weighted by Crippen LogP contribution is 2.32. The summed E-state index contributed by atoms with van der Waals surface area (Å²) < 4.78 is 10.8. The van der Waals surface area contributed by atoms with Crippen LogP contribution in [-0.4, -0.2) is 49.2 Å². The average Bonchev–Trinajstić information content (AvgIpc) is 3.22. The fourth-order valence-electron chi connectivity index (χ4n) is 3.87. The van der Waals surface area contributed by atoms with Gasteiger partial charge < -0.3 is 24.7 Å². The van der Waals surface area contributed by atoms with Crippen molar-refractivity contribution in [2.24, 2.45) is 0 Å². The number of piperidine rings is 1. The summed E-state index contributed by atoms with van der Waals surface area (Å²) in [6.45, 7) is 0.878. The zero-order chi connectivity index (χ0) is 22.7. The topological polar surface area (TPSA) is 96.6 Å². The molecule has 0 aliphatic carbocycles. The van der Waals surface area contributed by atoms with Crippen molar-refractivity contribution in [1.82, 2.24) is 15.3 Å². The zero-order valence-corrected chi connectivity index (χ0v) is 18.7. The van der Waals surface area contributed by atoms with Crippen molar-refractivity contribution in [2.45, 2.75) is 25.3 Å². The monoisotopic (exact) mass is 456 g/mol. The fraction of sp³-hybridized carbons (Fsp3) is 0.348. The number of nitrogens with zero attached hydrogens (tertiary/aromatic N) is 2. The maximum absolute atomic E-state index is 13.0. The molecular formula is C23H25ClN4O4. The van der Waals surface area contributed by atoms with Gasteiger partial charge in [0.05, 0.1) is 30.4 Å². The smallest absolute Gasteiger partial charge is 0.252 e. The summed E-state index contributed by atoms with van der Waals surface area (Å²) in [5.41, 5.74) is 2.61. The lowest BCUT2D eigenvalue weighted by Crippen LogP contribution is -2.35. The predicted octanol–water partition coefficient (Wildman–Crippen LogP) is 3.86. The molecule has 0 saturated carbocycles. The van der Waals surface area contributed by atoms with E-state index < -0.39 is 6.04 Å². The van der Waals surface area contributed by atoms with Gasteiger partial charge in [-0.15, -0.1) is 0 Å². The Bertz CT molecular complexity index is 1150. The van der Waals surface area contributed by atoms with E-state index in [9.17, 15) is 9.59 Å². The quantitative estimate of drug-likeness (QED) is 0.562.